The Labute approximate surface area is 382 Å². The molecule has 1 unspecified atom stereocenters. The van der Waals surface area contributed by atoms with Gasteiger partial charge < -0.3 is 39.5 Å². The van der Waals surface area contributed by atoms with Gasteiger partial charge in [0.2, 0.25) is 27.7 Å². The third-order valence-electron chi connectivity index (χ3n) is 14.7. The topological polar surface area (TPSA) is 189 Å². The molecular weight excluding hydrogens is 851 g/mol. The zero-order valence-corrected chi connectivity index (χ0v) is 38.6. The highest BCUT2D eigenvalue weighted by Gasteiger charge is 2.63. The van der Waals surface area contributed by atoms with Crippen LogP contribution in [0.15, 0.2) is 42.5 Å². The Kier molecular flexibility index (Phi) is 13.2. The molecule has 17 heteroatoms. The number of piperazine rings is 1. The van der Waals surface area contributed by atoms with Crippen LogP contribution in [0.2, 0.25) is 0 Å². The lowest BCUT2D eigenvalue weighted by Crippen LogP contribution is -2.58. The van der Waals surface area contributed by atoms with E-state index in [0.717, 1.165) is 83.1 Å². The van der Waals surface area contributed by atoms with Gasteiger partial charge in [-0.25, -0.2) is 18.2 Å². The van der Waals surface area contributed by atoms with Gasteiger partial charge in [-0.05, 0) is 109 Å². The zero-order valence-electron chi connectivity index (χ0n) is 37.8. The van der Waals surface area contributed by atoms with Crippen LogP contribution < -0.4 is 24.8 Å². The Balaban J connectivity index is 1.04. The number of para-hydroxylation sites is 1. The van der Waals surface area contributed by atoms with E-state index < -0.39 is 68.2 Å². The summed E-state index contributed by atoms with van der Waals surface area (Å²) in [6, 6.07) is 5.69. The van der Waals surface area contributed by atoms with Crippen LogP contribution in [0, 0.1) is 11.8 Å². The number of carbonyl (C=O) groups is 4. The number of likely N-dealkylation sites (N-methyl/N-ethyl adjacent to an activating group) is 1. The van der Waals surface area contributed by atoms with Crippen LogP contribution in [-0.2, 0) is 29.1 Å². The molecule has 65 heavy (non-hydrogen) atoms. The first kappa shape index (κ1) is 45.4. The van der Waals surface area contributed by atoms with Crippen molar-refractivity contribution >= 4 is 50.8 Å². The van der Waals surface area contributed by atoms with E-state index in [1.807, 2.05) is 42.5 Å². The number of nitrogens with zero attached hydrogens (tertiary/aromatic N) is 4. The van der Waals surface area contributed by atoms with Crippen molar-refractivity contribution in [2.75, 3.05) is 52.9 Å². The number of pyridine rings is 1. The number of hydrogen-bond acceptors (Lipinski definition) is 12. The molecule has 7 atom stereocenters. The van der Waals surface area contributed by atoms with E-state index in [1.165, 1.54) is 4.90 Å². The number of fused-ring (bicyclic) bond motifs is 6. The zero-order chi connectivity index (χ0) is 45.3. The predicted octanol–water partition coefficient (Wildman–Crippen LogP) is 4.67. The van der Waals surface area contributed by atoms with Crippen molar-refractivity contribution in [3.05, 3.63) is 48.1 Å². The molecule has 0 spiro atoms. The number of benzene rings is 1. The standard InChI is InChI=1S/C48H65N7O9S/c1-47(20-21-47)65(60,61)52-45(58)48-30-33(48)15-8-4-3-5-10-19-38-44(57)55-31-34(29-39(55)42(56)51-48)63-43-36(17-9-6-7-14-32-28-40(32)64-46(59)50-38)41(35-16-11-12-18-37(35)49-43)62-27-13-22-54-25-23-53(2)24-26-54/h8-9,11-12,15-18,32-34,38-40H,3-7,10,13-14,19-31H2,1-2H3,(H,50,59)(H,51,56)(H,52,58)/b15-8+,17-9+/t32-,33-,34+,38+,39?,40-,48-/m1/s1. The normalized spacial score (nSPS) is 32.0. The molecule has 7 aliphatic rings. The summed E-state index contributed by atoms with van der Waals surface area (Å²) in [5.41, 5.74) is -0.171. The molecule has 3 aliphatic carbocycles. The molecule has 5 heterocycles. The van der Waals surface area contributed by atoms with Crippen molar-refractivity contribution in [2.24, 2.45) is 11.8 Å². The number of rotatable bonds is 8. The number of hydrogen-bond donors (Lipinski definition) is 3. The molecule has 3 N–H and O–H groups in total. The van der Waals surface area contributed by atoms with Crippen LogP contribution in [0.4, 0.5) is 4.79 Å². The number of alkyl carbamates (subject to hydrolysis) is 1. The number of allylic oxidation sites excluding steroid dienone is 2. The van der Waals surface area contributed by atoms with Crippen LogP contribution >= 0.6 is 0 Å². The van der Waals surface area contributed by atoms with E-state index in [4.69, 9.17) is 19.2 Å². The van der Waals surface area contributed by atoms with E-state index in [0.29, 0.717) is 61.4 Å². The van der Waals surface area contributed by atoms with Crippen molar-refractivity contribution < 1.29 is 41.8 Å². The molecule has 5 fully saturated rings. The van der Waals surface area contributed by atoms with E-state index in [2.05, 4.69) is 38.3 Å². The van der Waals surface area contributed by atoms with Gasteiger partial charge in [-0.1, -0.05) is 43.2 Å². The maximum absolute atomic E-state index is 14.9. The molecule has 16 nitrogen and oxygen atoms in total. The van der Waals surface area contributed by atoms with Crippen molar-refractivity contribution in [2.45, 2.75) is 131 Å². The van der Waals surface area contributed by atoms with Crippen molar-refractivity contribution in [3.63, 3.8) is 0 Å². The average molecular weight is 916 g/mol. The molecule has 4 amide bonds. The van der Waals surface area contributed by atoms with Gasteiger partial charge in [0.05, 0.1) is 29.0 Å². The Morgan fingerprint density at radius 1 is 0.985 bits per heavy atom. The molecule has 1 aromatic heterocycles. The van der Waals surface area contributed by atoms with E-state index in [9.17, 15) is 27.6 Å². The molecule has 4 aliphatic heterocycles. The van der Waals surface area contributed by atoms with Gasteiger partial charge in [-0.2, -0.15) is 0 Å². The Morgan fingerprint density at radius 3 is 2.60 bits per heavy atom. The summed E-state index contributed by atoms with van der Waals surface area (Å²) in [6.07, 6.45) is 14.9. The molecule has 2 aromatic rings. The Bertz CT molecular complexity index is 2310. The summed E-state index contributed by atoms with van der Waals surface area (Å²) in [7, 11) is -1.86. The summed E-state index contributed by atoms with van der Waals surface area (Å²) < 4.78 is 47.3. The Morgan fingerprint density at radius 2 is 1.78 bits per heavy atom. The van der Waals surface area contributed by atoms with Crippen molar-refractivity contribution in [1.82, 2.24) is 35.0 Å². The maximum atomic E-state index is 14.9. The van der Waals surface area contributed by atoms with Gasteiger partial charge in [-0.3, -0.25) is 19.1 Å². The second-order valence-electron chi connectivity index (χ2n) is 19.7. The van der Waals surface area contributed by atoms with Crippen molar-refractivity contribution in [3.8, 4) is 11.6 Å². The van der Waals surface area contributed by atoms with E-state index >= 15 is 0 Å². The number of sulfonamides is 1. The van der Waals surface area contributed by atoms with Gasteiger partial charge in [0.1, 0.15) is 35.6 Å². The lowest BCUT2D eigenvalue weighted by molar-refractivity contribution is -0.141. The highest BCUT2D eigenvalue weighted by Crippen LogP contribution is 2.48. The highest BCUT2D eigenvalue weighted by molar-refractivity contribution is 7.91. The van der Waals surface area contributed by atoms with Gasteiger partial charge in [0.25, 0.3) is 5.91 Å². The number of ether oxygens (including phenoxy) is 3. The van der Waals surface area contributed by atoms with Crippen LogP contribution in [0.5, 0.6) is 11.6 Å². The molecule has 352 valence electrons. The highest BCUT2D eigenvalue weighted by atomic mass is 32.2. The largest absolute Gasteiger partial charge is 0.492 e. The monoisotopic (exact) mass is 915 g/mol. The molecule has 0 radical (unpaired) electrons. The minimum Gasteiger partial charge on any atom is -0.492 e. The summed E-state index contributed by atoms with van der Waals surface area (Å²) in [4.78, 5) is 68.4. The first-order chi connectivity index (χ1) is 31.3. The summed E-state index contributed by atoms with van der Waals surface area (Å²) in [5, 5.41) is 6.67. The first-order valence-corrected chi connectivity index (χ1v) is 25.4. The van der Waals surface area contributed by atoms with Crippen LogP contribution in [-0.4, -0.2) is 139 Å². The summed E-state index contributed by atoms with van der Waals surface area (Å²) in [6.45, 7) is 7.13. The summed E-state index contributed by atoms with van der Waals surface area (Å²) in [5.74, 6) is -1.08. The van der Waals surface area contributed by atoms with Crippen LogP contribution in [0.25, 0.3) is 17.0 Å². The second kappa shape index (κ2) is 18.9. The summed E-state index contributed by atoms with van der Waals surface area (Å²) >= 11 is 0. The Hall–Kier alpha value is -4.74. The van der Waals surface area contributed by atoms with Crippen molar-refractivity contribution in [1.29, 1.82) is 0 Å². The number of nitrogens with one attached hydrogen (secondary N) is 3. The molecule has 9 rings (SSSR count). The number of amides is 4. The van der Waals surface area contributed by atoms with Crippen LogP contribution in [0.1, 0.15) is 102 Å². The average Bonchev–Trinajstić information content (AvgIpc) is 4.24. The van der Waals surface area contributed by atoms with E-state index in [-0.39, 0.29) is 31.4 Å². The third kappa shape index (κ3) is 10.2. The fraction of sp³-hybridized carbons (Fsp3) is 0.646. The molecule has 3 saturated carbocycles. The van der Waals surface area contributed by atoms with Crippen LogP contribution in [0.3, 0.4) is 0 Å². The maximum Gasteiger partial charge on any atom is 0.408 e. The van der Waals surface area contributed by atoms with E-state index in [1.54, 1.807) is 6.92 Å². The molecule has 1 aromatic carbocycles. The minimum absolute atomic E-state index is 0.0109. The molecule has 3 bridgehead atoms. The fourth-order valence-corrected chi connectivity index (χ4v) is 11.2. The predicted molar refractivity (Wildman–Crippen MR) is 244 cm³/mol. The number of aromatic nitrogens is 1. The van der Waals surface area contributed by atoms with Gasteiger partial charge in [0.15, 0.2) is 0 Å². The lowest BCUT2D eigenvalue weighted by atomic mass is 10.0. The lowest BCUT2D eigenvalue weighted by Gasteiger charge is -2.32. The van der Waals surface area contributed by atoms with Gasteiger partial charge in [0, 0.05) is 50.4 Å². The number of carbonyl (C=O) groups excluding carboxylic acids is 4. The van der Waals surface area contributed by atoms with Gasteiger partial charge >= 0.3 is 6.09 Å². The third-order valence-corrected chi connectivity index (χ3v) is 16.9. The fourth-order valence-electron chi connectivity index (χ4n) is 9.89. The van der Waals surface area contributed by atoms with Gasteiger partial charge in [-0.15, -0.1) is 0 Å². The first-order valence-electron chi connectivity index (χ1n) is 24.0. The minimum atomic E-state index is -4.01. The molecular formula is C48H65N7O9S. The SMILES string of the molecule is CN1CCN(CCCOc2c3c(nc4ccccc24)O[C@H]2CC4C(=O)N[C@]5(C(=O)NS(=O)(=O)C6(C)CC6)C[C@H]5/C=C/CCCCC[C@H](NC(=O)O[C@@H]5C[C@H]5CCC/C=C/3)C(=O)N4C2)CC1. The smallest absolute Gasteiger partial charge is 0.408 e. The molecule has 2 saturated heterocycles. The second-order valence-corrected chi connectivity index (χ2v) is 21.9. The quantitative estimate of drug-likeness (QED) is 0.246.